The third-order valence-corrected chi connectivity index (χ3v) is 5.16. The number of rotatable bonds is 4. The number of aryl methyl sites for hydroxylation is 1. The standard InChI is InChI=1S/C15H23N5S/c1-11(2)20-9-17-18-15(20)13-5-4-6-19(7-13)8-14-12(3)16-10-21-14/h9-11,13H,4-8H2,1-3H3/t13-/m1/s1. The van der Waals surface area contributed by atoms with Gasteiger partial charge in [-0.1, -0.05) is 0 Å². The van der Waals surface area contributed by atoms with Crippen molar-refractivity contribution < 1.29 is 0 Å². The summed E-state index contributed by atoms with van der Waals surface area (Å²) in [5.74, 6) is 1.65. The molecule has 1 atom stereocenters. The number of thiazole rings is 1. The first-order valence-electron chi connectivity index (χ1n) is 7.66. The molecule has 3 rings (SSSR count). The van der Waals surface area contributed by atoms with Crippen LogP contribution in [0, 0.1) is 6.92 Å². The minimum absolute atomic E-state index is 0.425. The van der Waals surface area contributed by atoms with Gasteiger partial charge >= 0.3 is 0 Å². The minimum Gasteiger partial charge on any atom is -0.315 e. The molecule has 0 unspecified atom stereocenters. The zero-order valence-electron chi connectivity index (χ0n) is 13.0. The predicted molar refractivity (Wildman–Crippen MR) is 84.5 cm³/mol. The maximum atomic E-state index is 4.39. The van der Waals surface area contributed by atoms with Gasteiger partial charge in [0, 0.05) is 29.9 Å². The number of likely N-dealkylation sites (tertiary alicyclic amines) is 1. The van der Waals surface area contributed by atoms with Gasteiger partial charge in [-0.3, -0.25) is 4.90 Å². The highest BCUT2D eigenvalue weighted by Crippen LogP contribution is 2.28. The highest BCUT2D eigenvalue weighted by molar-refractivity contribution is 7.09. The molecule has 0 aromatic carbocycles. The van der Waals surface area contributed by atoms with Crippen molar-refractivity contribution in [1.82, 2.24) is 24.6 Å². The fourth-order valence-corrected chi connectivity index (χ4v) is 3.85. The minimum atomic E-state index is 0.425. The smallest absolute Gasteiger partial charge is 0.137 e. The van der Waals surface area contributed by atoms with E-state index in [9.17, 15) is 0 Å². The lowest BCUT2D eigenvalue weighted by Gasteiger charge is -2.32. The van der Waals surface area contributed by atoms with E-state index in [1.165, 1.54) is 30.0 Å². The third kappa shape index (κ3) is 3.16. The van der Waals surface area contributed by atoms with Gasteiger partial charge in [-0.05, 0) is 40.2 Å². The van der Waals surface area contributed by atoms with Crippen LogP contribution in [0.25, 0.3) is 0 Å². The molecule has 2 aromatic heterocycles. The fourth-order valence-electron chi connectivity index (χ4n) is 3.03. The van der Waals surface area contributed by atoms with Gasteiger partial charge in [-0.25, -0.2) is 4.98 Å². The lowest BCUT2D eigenvalue weighted by atomic mass is 9.97. The van der Waals surface area contributed by atoms with E-state index in [0.29, 0.717) is 12.0 Å². The molecule has 0 aliphatic carbocycles. The van der Waals surface area contributed by atoms with Crippen molar-refractivity contribution in [2.45, 2.75) is 52.1 Å². The Hall–Kier alpha value is -1.27. The lowest BCUT2D eigenvalue weighted by Crippen LogP contribution is -2.35. The first kappa shape index (κ1) is 14.7. The van der Waals surface area contributed by atoms with Crippen LogP contribution in [0.15, 0.2) is 11.8 Å². The molecule has 2 aromatic rings. The molecule has 0 N–H and O–H groups in total. The summed E-state index contributed by atoms with van der Waals surface area (Å²) in [5, 5.41) is 8.51. The molecule has 1 aliphatic heterocycles. The highest BCUT2D eigenvalue weighted by atomic mass is 32.1. The van der Waals surface area contributed by atoms with Crippen LogP contribution in [0.5, 0.6) is 0 Å². The number of hydrogen-bond donors (Lipinski definition) is 0. The van der Waals surface area contributed by atoms with Crippen molar-refractivity contribution in [2.24, 2.45) is 0 Å². The van der Waals surface area contributed by atoms with Crippen molar-refractivity contribution in [3.8, 4) is 0 Å². The van der Waals surface area contributed by atoms with Gasteiger partial charge in [0.05, 0.1) is 11.2 Å². The molecule has 0 bridgehead atoms. The van der Waals surface area contributed by atoms with Crippen LogP contribution in [0.1, 0.15) is 55.0 Å². The quantitative estimate of drug-likeness (QED) is 0.871. The molecule has 6 heteroatoms. The average Bonchev–Trinajstić information content (AvgIpc) is 3.09. The van der Waals surface area contributed by atoms with E-state index in [4.69, 9.17) is 0 Å². The van der Waals surface area contributed by atoms with Crippen molar-refractivity contribution in [2.75, 3.05) is 13.1 Å². The Kier molecular flexibility index (Phi) is 4.35. The molecule has 1 saturated heterocycles. The Balaban J connectivity index is 1.71. The van der Waals surface area contributed by atoms with Crippen molar-refractivity contribution in [1.29, 1.82) is 0 Å². The molecule has 1 fully saturated rings. The van der Waals surface area contributed by atoms with Crippen molar-refractivity contribution in [3.05, 3.63) is 28.2 Å². The molecule has 0 radical (unpaired) electrons. The topological polar surface area (TPSA) is 46.8 Å². The maximum absolute atomic E-state index is 4.39. The Morgan fingerprint density at radius 3 is 3.00 bits per heavy atom. The molecular formula is C15H23N5S. The molecule has 21 heavy (non-hydrogen) atoms. The SMILES string of the molecule is Cc1ncsc1CN1CCC[C@@H](c2nncn2C(C)C)C1. The summed E-state index contributed by atoms with van der Waals surface area (Å²) in [6, 6.07) is 0.425. The molecule has 1 aliphatic rings. The first-order chi connectivity index (χ1) is 10.1. The normalized spacial score (nSPS) is 20.3. The van der Waals surface area contributed by atoms with Gasteiger partial charge in [-0.15, -0.1) is 21.5 Å². The van der Waals surface area contributed by atoms with E-state index in [1.54, 1.807) is 11.3 Å². The highest BCUT2D eigenvalue weighted by Gasteiger charge is 2.26. The molecule has 5 nitrogen and oxygen atoms in total. The second-order valence-electron chi connectivity index (χ2n) is 6.13. The van der Waals surface area contributed by atoms with Crippen LogP contribution in [0.3, 0.4) is 0 Å². The lowest BCUT2D eigenvalue weighted by molar-refractivity contribution is 0.195. The van der Waals surface area contributed by atoms with Crippen molar-refractivity contribution in [3.63, 3.8) is 0 Å². The summed E-state index contributed by atoms with van der Waals surface area (Å²) in [5.41, 5.74) is 3.12. The Bertz CT molecular complexity index is 588. The average molecular weight is 305 g/mol. The Morgan fingerprint density at radius 2 is 2.29 bits per heavy atom. The fraction of sp³-hybridized carbons (Fsp3) is 0.667. The van der Waals surface area contributed by atoms with E-state index < -0.39 is 0 Å². The number of piperidine rings is 1. The van der Waals surface area contributed by atoms with Crippen LogP contribution in [-0.2, 0) is 6.54 Å². The van der Waals surface area contributed by atoms with Gasteiger partial charge in [0.15, 0.2) is 0 Å². The molecule has 3 heterocycles. The molecule has 0 saturated carbocycles. The van der Waals surface area contributed by atoms with Crippen LogP contribution in [-0.4, -0.2) is 37.7 Å². The van der Waals surface area contributed by atoms with Crippen LogP contribution >= 0.6 is 11.3 Å². The van der Waals surface area contributed by atoms with E-state index in [1.807, 2.05) is 11.8 Å². The zero-order valence-corrected chi connectivity index (χ0v) is 13.8. The zero-order chi connectivity index (χ0) is 14.8. The molecule has 114 valence electrons. The van der Waals surface area contributed by atoms with E-state index in [2.05, 4.69) is 45.4 Å². The van der Waals surface area contributed by atoms with Gasteiger partial charge in [0.1, 0.15) is 12.2 Å². The maximum Gasteiger partial charge on any atom is 0.137 e. The summed E-state index contributed by atoms with van der Waals surface area (Å²) in [6.07, 6.45) is 4.31. The monoisotopic (exact) mass is 305 g/mol. The number of hydrogen-bond acceptors (Lipinski definition) is 5. The number of aromatic nitrogens is 4. The van der Waals surface area contributed by atoms with Gasteiger partial charge in [-0.2, -0.15) is 0 Å². The van der Waals surface area contributed by atoms with E-state index in [-0.39, 0.29) is 0 Å². The summed E-state index contributed by atoms with van der Waals surface area (Å²) in [7, 11) is 0. The van der Waals surface area contributed by atoms with Gasteiger partial charge < -0.3 is 4.57 Å². The Labute approximate surface area is 130 Å². The van der Waals surface area contributed by atoms with Gasteiger partial charge in [0.2, 0.25) is 0 Å². The van der Waals surface area contributed by atoms with E-state index >= 15 is 0 Å². The van der Waals surface area contributed by atoms with Crippen LogP contribution in [0.2, 0.25) is 0 Å². The van der Waals surface area contributed by atoms with Crippen LogP contribution in [0.4, 0.5) is 0 Å². The number of nitrogens with zero attached hydrogens (tertiary/aromatic N) is 5. The largest absolute Gasteiger partial charge is 0.315 e. The van der Waals surface area contributed by atoms with Crippen LogP contribution < -0.4 is 0 Å². The first-order valence-corrected chi connectivity index (χ1v) is 8.54. The molecule has 0 spiro atoms. The second kappa shape index (κ2) is 6.23. The molecule has 0 amide bonds. The predicted octanol–water partition coefficient (Wildman–Crippen LogP) is 3.00. The van der Waals surface area contributed by atoms with E-state index in [0.717, 1.165) is 18.9 Å². The molecular weight excluding hydrogens is 282 g/mol. The Morgan fingerprint density at radius 1 is 1.43 bits per heavy atom. The summed E-state index contributed by atoms with van der Waals surface area (Å²) in [4.78, 5) is 8.28. The second-order valence-corrected chi connectivity index (χ2v) is 7.06. The van der Waals surface area contributed by atoms with Crippen molar-refractivity contribution >= 4 is 11.3 Å². The summed E-state index contributed by atoms with van der Waals surface area (Å²) >= 11 is 1.76. The third-order valence-electron chi connectivity index (χ3n) is 4.24. The summed E-state index contributed by atoms with van der Waals surface area (Å²) in [6.45, 7) is 9.74. The van der Waals surface area contributed by atoms with Gasteiger partial charge in [0.25, 0.3) is 0 Å². The summed E-state index contributed by atoms with van der Waals surface area (Å²) < 4.78 is 2.21.